The van der Waals surface area contributed by atoms with Crippen LogP contribution in [-0.4, -0.2) is 46.4 Å². The van der Waals surface area contributed by atoms with Crippen molar-refractivity contribution in [2.45, 2.75) is 47.2 Å². The number of Topliss-reactive ketones (excluding diaryl/α,β-unsaturated/α-hetero) is 1. The van der Waals surface area contributed by atoms with E-state index in [9.17, 15) is 9.59 Å². The average molecular weight is 498 g/mol. The Morgan fingerprint density at radius 3 is 2.57 bits per heavy atom. The van der Waals surface area contributed by atoms with E-state index in [-0.39, 0.29) is 12.4 Å². The highest BCUT2D eigenvalue weighted by Gasteiger charge is 2.17. The average Bonchev–Trinajstić information content (AvgIpc) is 3.26. The number of halogens is 1. The third-order valence-electron chi connectivity index (χ3n) is 6.05. The van der Waals surface area contributed by atoms with Crippen molar-refractivity contribution in [3.8, 4) is 0 Å². The number of hydrogen-bond acceptors (Lipinski definition) is 5. The number of aryl methyl sites for hydroxylation is 2. The first-order valence-corrected chi connectivity index (χ1v) is 11.9. The predicted octanol–water partition coefficient (Wildman–Crippen LogP) is 5.10. The van der Waals surface area contributed by atoms with E-state index < -0.39 is 5.97 Å². The molecule has 0 bridgehead atoms. The molecule has 3 rings (SSSR count). The Labute approximate surface area is 211 Å². The number of rotatable bonds is 11. The number of nitrogens with zero attached hydrogens (tertiary/aromatic N) is 3. The molecule has 0 aliphatic carbocycles. The van der Waals surface area contributed by atoms with Crippen LogP contribution in [0.5, 0.6) is 0 Å². The highest BCUT2D eigenvalue weighted by Crippen LogP contribution is 2.21. The molecule has 0 radical (unpaired) electrons. The summed E-state index contributed by atoms with van der Waals surface area (Å²) in [6, 6.07) is 9.47. The van der Waals surface area contributed by atoms with Crippen LogP contribution in [0, 0.1) is 27.7 Å². The Bertz CT molecular complexity index is 1240. The van der Waals surface area contributed by atoms with E-state index in [1.165, 1.54) is 6.08 Å². The van der Waals surface area contributed by atoms with Crippen LogP contribution in [0.4, 0.5) is 0 Å². The molecule has 0 saturated heterocycles. The Morgan fingerprint density at radius 1 is 1.11 bits per heavy atom. The number of esters is 1. The molecule has 2 heterocycles. The standard InChI is InChI=1S/C27H32ClN3O4/c1-18-15-24(20(3)30(18)13-8-14-34-5)26(32)17-35-27(33)12-11-23-19(2)29-31(21(23)4)16-22-9-6-7-10-25(22)28/h6-7,9-12,15H,8,13-14,16-17H2,1-5H3/b12-11+. The lowest BCUT2D eigenvalue weighted by Crippen LogP contribution is -2.14. The number of carbonyl (C=O) groups is 2. The normalized spacial score (nSPS) is 11.4. The van der Waals surface area contributed by atoms with Gasteiger partial charge >= 0.3 is 5.97 Å². The number of ketones is 1. The van der Waals surface area contributed by atoms with Crippen molar-refractivity contribution < 1.29 is 19.1 Å². The van der Waals surface area contributed by atoms with Crippen molar-refractivity contribution >= 4 is 29.4 Å². The maximum Gasteiger partial charge on any atom is 0.331 e. The largest absolute Gasteiger partial charge is 0.454 e. The van der Waals surface area contributed by atoms with Gasteiger partial charge in [0, 0.05) is 59.6 Å². The molecular formula is C27H32ClN3O4. The van der Waals surface area contributed by atoms with E-state index in [1.54, 1.807) is 13.2 Å². The first kappa shape index (κ1) is 26.4. The van der Waals surface area contributed by atoms with Gasteiger partial charge in [0.2, 0.25) is 5.78 Å². The van der Waals surface area contributed by atoms with Crippen molar-refractivity contribution in [3.63, 3.8) is 0 Å². The third-order valence-corrected chi connectivity index (χ3v) is 6.42. The highest BCUT2D eigenvalue weighted by molar-refractivity contribution is 6.31. The fourth-order valence-corrected chi connectivity index (χ4v) is 4.30. The summed E-state index contributed by atoms with van der Waals surface area (Å²) in [6.45, 7) is 9.33. The summed E-state index contributed by atoms with van der Waals surface area (Å²) in [7, 11) is 1.67. The van der Waals surface area contributed by atoms with Crippen LogP contribution in [0.2, 0.25) is 5.02 Å². The van der Waals surface area contributed by atoms with E-state index in [1.807, 2.05) is 62.7 Å². The lowest BCUT2D eigenvalue weighted by molar-refractivity contribution is -0.136. The van der Waals surface area contributed by atoms with Crippen LogP contribution >= 0.6 is 11.6 Å². The van der Waals surface area contributed by atoms with E-state index in [2.05, 4.69) is 9.67 Å². The van der Waals surface area contributed by atoms with Gasteiger partial charge in [-0.3, -0.25) is 9.48 Å². The molecule has 186 valence electrons. The van der Waals surface area contributed by atoms with Crippen LogP contribution < -0.4 is 0 Å². The molecule has 2 aromatic heterocycles. The number of aromatic nitrogens is 3. The lowest BCUT2D eigenvalue weighted by Gasteiger charge is -2.09. The minimum atomic E-state index is -0.579. The molecule has 0 spiro atoms. The van der Waals surface area contributed by atoms with Crippen LogP contribution in [0.25, 0.3) is 6.08 Å². The van der Waals surface area contributed by atoms with Crippen LogP contribution in [0.15, 0.2) is 36.4 Å². The molecule has 0 atom stereocenters. The second-order valence-corrected chi connectivity index (χ2v) is 8.89. The zero-order valence-electron chi connectivity index (χ0n) is 20.9. The molecule has 7 nitrogen and oxygen atoms in total. The molecule has 0 saturated carbocycles. The van der Waals surface area contributed by atoms with Gasteiger partial charge in [-0.1, -0.05) is 29.8 Å². The van der Waals surface area contributed by atoms with E-state index >= 15 is 0 Å². The molecule has 1 aromatic carbocycles. The van der Waals surface area contributed by atoms with Gasteiger partial charge in [-0.25, -0.2) is 4.79 Å². The fourth-order valence-electron chi connectivity index (χ4n) is 4.10. The zero-order chi connectivity index (χ0) is 25.5. The van der Waals surface area contributed by atoms with Gasteiger partial charge in [0.05, 0.1) is 12.2 Å². The van der Waals surface area contributed by atoms with Crippen LogP contribution in [-0.2, 0) is 27.4 Å². The van der Waals surface area contributed by atoms with Gasteiger partial charge in [-0.15, -0.1) is 0 Å². The summed E-state index contributed by atoms with van der Waals surface area (Å²) >= 11 is 6.28. The van der Waals surface area contributed by atoms with Crippen molar-refractivity contribution in [3.05, 3.63) is 80.9 Å². The molecule has 0 aliphatic rings. The quantitative estimate of drug-likeness (QED) is 0.159. The molecule has 0 unspecified atom stereocenters. The van der Waals surface area contributed by atoms with E-state index in [4.69, 9.17) is 21.1 Å². The molecule has 0 fully saturated rings. The Morgan fingerprint density at radius 2 is 1.86 bits per heavy atom. The van der Waals surface area contributed by atoms with E-state index in [0.29, 0.717) is 23.7 Å². The second kappa shape index (κ2) is 12.0. The molecule has 35 heavy (non-hydrogen) atoms. The minimum absolute atomic E-state index is 0.224. The SMILES string of the molecule is COCCCn1c(C)cc(C(=O)COC(=O)/C=C/c2c(C)nn(Cc3ccccc3Cl)c2C)c1C. The van der Waals surface area contributed by atoms with Crippen molar-refractivity contribution in [2.75, 3.05) is 20.3 Å². The highest BCUT2D eigenvalue weighted by atomic mass is 35.5. The first-order valence-electron chi connectivity index (χ1n) is 11.5. The Hall–Kier alpha value is -3.16. The Balaban J connectivity index is 1.61. The van der Waals surface area contributed by atoms with Gasteiger partial charge < -0.3 is 14.0 Å². The van der Waals surface area contributed by atoms with Gasteiger partial charge in [0.1, 0.15) is 0 Å². The smallest absolute Gasteiger partial charge is 0.331 e. The van der Waals surface area contributed by atoms with Crippen LogP contribution in [0.1, 0.15) is 50.7 Å². The van der Waals surface area contributed by atoms with Crippen molar-refractivity contribution in [1.29, 1.82) is 0 Å². The van der Waals surface area contributed by atoms with Crippen molar-refractivity contribution in [2.24, 2.45) is 0 Å². The minimum Gasteiger partial charge on any atom is -0.454 e. The number of carbonyl (C=O) groups excluding carboxylic acids is 2. The number of benzene rings is 1. The van der Waals surface area contributed by atoms with E-state index in [0.717, 1.165) is 46.9 Å². The third kappa shape index (κ3) is 6.50. The predicted molar refractivity (Wildman–Crippen MR) is 137 cm³/mol. The molecule has 0 N–H and O–H groups in total. The van der Waals surface area contributed by atoms with Gasteiger partial charge in [-0.05, 0) is 57.9 Å². The molecule has 0 aliphatic heterocycles. The van der Waals surface area contributed by atoms with Gasteiger partial charge in [0.25, 0.3) is 0 Å². The molecular weight excluding hydrogens is 466 g/mol. The van der Waals surface area contributed by atoms with Gasteiger partial charge in [-0.2, -0.15) is 5.10 Å². The summed E-state index contributed by atoms with van der Waals surface area (Å²) < 4.78 is 14.3. The molecule has 0 amide bonds. The summed E-state index contributed by atoms with van der Waals surface area (Å²) in [5.41, 5.74) is 5.93. The summed E-state index contributed by atoms with van der Waals surface area (Å²) in [6.07, 6.45) is 3.86. The summed E-state index contributed by atoms with van der Waals surface area (Å²) in [4.78, 5) is 25.0. The number of hydrogen-bond donors (Lipinski definition) is 0. The summed E-state index contributed by atoms with van der Waals surface area (Å²) in [5.74, 6) is -0.803. The topological polar surface area (TPSA) is 75.3 Å². The number of methoxy groups -OCH3 is 1. The van der Waals surface area contributed by atoms with Gasteiger partial charge in [0.15, 0.2) is 6.61 Å². The zero-order valence-corrected chi connectivity index (χ0v) is 21.7. The lowest BCUT2D eigenvalue weighted by atomic mass is 10.1. The molecule has 3 aromatic rings. The molecule has 8 heteroatoms. The summed E-state index contributed by atoms with van der Waals surface area (Å²) in [5, 5.41) is 5.26. The second-order valence-electron chi connectivity index (χ2n) is 8.48. The Kier molecular flexibility index (Phi) is 9.07. The monoisotopic (exact) mass is 497 g/mol. The maximum atomic E-state index is 12.7. The maximum absolute atomic E-state index is 12.7. The number of ether oxygens (including phenoxy) is 2. The van der Waals surface area contributed by atoms with Crippen molar-refractivity contribution in [1.82, 2.24) is 14.3 Å². The first-order chi connectivity index (χ1) is 16.7. The fraction of sp³-hybridized carbons (Fsp3) is 0.370. The van der Waals surface area contributed by atoms with Crippen LogP contribution in [0.3, 0.4) is 0 Å².